The second-order valence-electron chi connectivity index (χ2n) is 16.1. The number of fused-ring (bicyclic) bond motifs is 6. The van der Waals surface area contributed by atoms with Gasteiger partial charge in [0, 0.05) is 48.2 Å². The van der Waals surface area contributed by atoms with E-state index in [9.17, 15) is 0 Å². The molecule has 0 radical (unpaired) electrons. The molecule has 9 aromatic carbocycles. The molecular weight excluding hydrogens is 731 g/mol. The molecule has 0 bridgehead atoms. The fourth-order valence-electron chi connectivity index (χ4n) is 9.29. The second kappa shape index (κ2) is 14.1. The quantitative estimate of drug-likeness (QED) is 0.156. The Bertz CT molecular complexity index is 3160. The summed E-state index contributed by atoms with van der Waals surface area (Å²) in [5.41, 5.74) is 18.4. The Morgan fingerprint density at radius 3 is 1.61 bits per heavy atom. The van der Waals surface area contributed by atoms with Crippen LogP contribution in [0.1, 0.15) is 25.0 Å². The molecule has 0 atom stereocenters. The molecule has 1 aliphatic rings. The average Bonchev–Trinajstić information content (AvgIpc) is 3.79. The fraction of sp³-hybridized carbons (Fsp3) is 0.0526. The first-order chi connectivity index (χ1) is 29.0. The van der Waals surface area contributed by atoms with Crippen LogP contribution in [-0.2, 0) is 5.41 Å². The topological polar surface area (TPSA) is 3.24 Å². The predicted octanol–water partition coefficient (Wildman–Crippen LogP) is 16.5. The van der Waals surface area contributed by atoms with E-state index in [0.717, 1.165) is 17.1 Å². The van der Waals surface area contributed by atoms with Gasteiger partial charge in [-0.2, -0.15) is 0 Å². The normalized spacial score (nSPS) is 12.7. The average molecular weight is 772 g/mol. The van der Waals surface area contributed by atoms with Crippen molar-refractivity contribution in [1.29, 1.82) is 0 Å². The van der Waals surface area contributed by atoms with Crippen LogP contribution in [-0.4, -0.2) is 0 Å². The van der Waals surface area contributed by atoms with Gasteiger partial charge >= 0.3 is 0 Å². The molecule has 1 nitrogen and oxygen atoms in total. The van der Waals surface area contributed by atoms with Crippen molar-refractivity contribution >= 4 is 48.6 Å². The van der Waals surface area contributed by atoms with Crippen LogP contribution in [0.3, 0.4) is 0 Å². The van der Waals surface area contributed by atoms with Crippen molar-refractivity contribution in [2.24, 2.45) is 0 Å². The van der Waals surface area contributed by atoms with Crippen LogP contribution in [0, 0.1) is 0 Å². The highest BCUT2D eigenvalue weighted by molar-refractivity contribution is 7.26. The summed E-state index contributed by atoms with van der Waals surface area (Å²) in [4.78, 5) is 2.41. The van der Waals surface area contributed by atoms with Gasteiger partial charge in [0.15, 0.2) is 0 Å². The molecule has 2 heteroatoms. The maximum absolute atomic E-state index is 2.42. The van der Waals surface area contributed by atoms with E-state index in [4.69, 9.17) is 0 Å². The summed E-state index contributed by atoms with van der Waals surface area (Å²) in [5, 5.41) is 2.63. The maximum atomic E-state index is 2.42. The van der Waals surface area contributed by atoms with E-state index >= 15 is 0 Å². The Morgan fingerprint density at radius 2 is 0.864 bits per heavy atom. The molecular formula is C57H41NS. The lowest BCUT2D eigenvalue weighted by Gasteiger charge is -2.28. The summed E-state index contributed by atoms with van der Waals surface area (Å²) < 4.78 is 2.64. The fourth-order valence-corrected chi connectivity index (χ4v) is 10.5. The van der Waals surface area contributed by atoms with Gasteiger partial charge in [-0.3, -0.25) is 0 Å². The lowest BCUT2D eigenvalue weighted by Crippen LogP contribution is -2.16. The first-order valence-corrected chi connectivity index (χ1v) is 21.2. The lowest BCUT2D eigenvalue weighted by atomic mass is 9.82. The van der Waals surface area contributed by atoms with Crippen molar-refractivity contribution < 1.29 is 0 Å². The molecule has 0 unspecified atom stereocenters. The second-order valence-corrected chi connectivity index (χ2v) is 17.2. The van der Waals surface area contributed by atoms with Crippen LogP contribution in [0.15, 0.2) is 212 Å². The van der Waals surface area contributed by atoms with E-state index in [1.807, 2.05) is 11.3 Å². The number of hydrogen-bond acceptors (Lipinski definition) is 2. The van der Waals surface area contributed by atoms with E-state index in [1.54, 1.807) is 0 Å². The van der Waals surface area contributed by atoms with Gasteiger partial charge in [0.25, 0.3) is 0 Å². The third kappa shape index (κ3) is 5.99. The van der Waals surface area contributed by atoms with Gasteiger partial charge in [-0.15, -0.1) is 11.3 Å². The zero-order chi connectivity index (χ0) is 39.5. The Kier molecular flexibility index (Phi) is 8.43. The number of rotatable bonds is 7. The van der Waals surface area contributed by atoms with E-state index in [1.165, 1.54) is 86.9 Å². The Labute approximate surface area is 350 Å². The molecule has 0 saturated carbocycles. The molecule has 1 heterocycles. The molecule has 0 aliphatic heterocycles. The summed E-state index contributed by atoms with van der Waals surface area (Å²) in [6, 6.07) is 78.0. The van der Waals surface area contributed by atoms with Gasteiger partial charge in [0.2, 0.25) is 0 Å². The standard InChI is InChI=1S/C57H41NS/c1-57(2)53-22-11-9-18-47(53)48-35-33-45(37-54(48)57)58(43-29-24-40(25-30-43)38-14-5-3-6-15-38)44-31-26-41(27-32-44)52-36-42(39-16-7-4-8-17-39)28-34-46(52)50-20-13-21-51-49-19-10-12-23-55(49)59-56(50)51/h3-37H,1-2H3. The minimum absolute atomic E-state index is 0.105. The molecule has 59 heavy (non-hydrogen) atoms. The molecule has 1 aromatic heterocycles. The molecule has 1 aliphatic carbocycles. The Hall–Kier alpha value is -7.00. The number of hydrogen-bond donors (Lipinski definition) is 0. The minimum atomic E-state index is -0.105. The Balaban J connectivity index is 1.06. The first kappa shape index (κ1) is 35.2. The lowest BCUT2D eigenvalue weighted by molar-refractivity contribution is 0.660. The van der Waals surface area contributed by atoms with Gasteiger partial charge in [-0.1, -0.05) is 178 Å². The highest BCUT2D eigenvalue weighted by Gasteiger charge is 2.35. The maximum Gasteiger partial charge on any atom is 0.0465 e. The van der Waals surface area contributed by atoms with Crippen molar-refractivity contribution in [3.63, 3.8) is 0 Å². The van der Waals surface area contributed by atoms with Crippen molar-refractivity contribution in [2.75, 3.05) is 4.90 Å². The third-order valence-electron chi connectivity index (χ3n) is 12.3. The third-order valence-corrected chi connectivity index (χ3v) is 13.5. The minimum Gasteiger partial charge on any atom is -0.310 e. The van der Waals surface area contributed by atoms with Crippen LogP contribution in [0.25, 0.3) is 75.8 Å². The zero-order valence-corrected chi connectivity index (χ0v) is 33.9. The van der Waals surface area contributed by atoms with Crippen LogP contribution < -0.4 is 4.90 Å². The zero-order valence-electron chi connectivity index (χ0n) is 33.1. The number of benzene rings is 9. The number of anilines is 3. The van der Waals surface area contributed by atoms with Crippen molar-refractivity contribution in [1.82, 2.24) is 0 Å². The summed E-state index contributed by atoms with van der Waals surface area (Å²) >= 11 is 1.89. The van der Waals surface area contributed by atoms with Crippen LogP contribution in [0.2, 0.25) is 0 Å². The molecule has 0 amide bonds. The van der Waals surface area contributed by atoms with E-state index in [0.29, 0.717) is 0 Å². The predicted molar refractivity (Wildman–Crippen MR) is 253 cm³/mol. The number of nitrogens with zero attached hydrogens (tertiary/aromatic N) is 1. The smallest absolute Gasteiger partial charge is 0.0465 e. The molecule has 10 aromatic rings. The van der Waals surface area contributed by atoms with Gasteiger partial charge in [0.05, 0.1) is 0 Å². The van der Waals surface area contributed by atoms with Gasteiger partial charge in [-0.25, -0.2) is 0 Å². The number of thiophene rings is 1. The molecule has 0 N–H and O–H groups in total. The van der Waals surface area contributed by atoms with E-state index in [2.05, 4.69) is 231 Å². The summed E-state index contributed by atoms with van der Waals surface area (Å²) in [6.45, 7) is 4.71. The van der Waals surface area contributed by atoms with Crippen molar-refractivity contribution in [3.05, 3.63) is 223 Å². The largest absolute Gasteiger partial charge is 0.310 e. The summed E-state index contributed by atoms with van der Waals surface area (Å²) in [6.07, 6.45) is 0. The van der Waals surface area contributed by atoms with Crippen LogP contribution >= 0.6 is 11.3 Å². The highest BCUT2D eigenvalue weighted by atomic mass is 32.1. The Morgan fingerprint density at radius 1 is 0.339 bits per heavy atom. The summed E-state index contributed by atoms with van der Waals surface area (Å²) in [7, 11) is 0. The highest BCUT2D eigenvalue weighted by Crippen LogP contribution is 2.51. The van der Waals surface area contributed by atoms with Crippen molar-refractivity contribution in [2.45, 2.75) is 19.3 Å². The van der Waals surface area contributed by atoms with Crippen LogP contribution in [0.4, 0.5) is 17.1 Å². The summed E-state index contributed by atoms with van der Waals surface area (Å²) in [5.74, 6) is 0. The van der Waals surface area contributed by atoms with E-state index < -0.39 is 0 Å². The molecule has 11 rings (SSSR count). The monoisotopic (exact) mass is 771 g/mol. The molecule has 0 fully saturated rings. The van der Waals surface area contributed by atoms with Gasteiger partial charge < -0.3 is 4.90 Å². The SMILES string of the molecule is CC1(C)c2ccccc2-c2ccc(N(c3ccc(-c4ccccc4)cc3)c3ccc(-c4cc(-c5ccccc5)ccc4-c4cccc5c4sc4ccccc45)cc3)cc21. The van der Waals surface area contributed by atoms with Gasteiger partial charge in [0.1, 0.15) is 0 Å². The van der Waals surface area contributed by atoms with E-state index in [-0.39, 0.29) is 5.41 Å². The molecule has 0 saturated heterocycles. The van der Waals surface area contributed by atoms with Crippen molar-refractivity contribution in [3.8, 4) is 55.6 Å². The van der Waals surface area contributed by atoms with Crippen LogP contribution in [0.5, 0.6) is 0 Å². The molecule has 0 spiro atoms. The molecule has 280 valence electrons. The first-order valence-electron chi connectivity index (χ1n) is 20.4. The van der Waals surface area contributed by atoms with Gasteiger partial charge in [-0.05, 0) is 110 Å².